The highest BCUT2D eigenvalue weighted by Crippen LogP contribution is 2.26. The zero-order valence-electron chi connectivity index (χ0n) is 11.9. The van der Waals surface area contributed by atoms with Gasteiger partial charge in [-0.25, -0.2) is 0 Å². The summed E-state index contributed by atoms with van der Waals surface area (Å²) < 4.78 is 0. The highest BCUT2D eigenvalue weighted by Gasteiger charge is 2.33. The van der Waals surface area contributed by atoms with Crippen LogP contribution in [-0.4, -0.2) is 49.4 Å². The number of nitrogens with zero attached hydrogens (tertiary/aromatic N) is 2. The fourth-order valence-electron chi connectivity index (χ4n) is 2.11. The lowest BCUT2D eigenvalue weighted by atomic mass is 9.84. The van der Waals surface area contributed by atoms with Gasteiger partial charge in [-0.3, -0.25) is 9.69 Å². The van der Waals surface area contributed by atoms with Gasteiger partial charge in [0, 0.05) is 20.6 Å². The van der Waals surface area contributed by atoms with E-state index in [0.717, 1.165) is 13.0 Å². The number of rotatable bonds is 1. The van der Waals surface area contributed by atoms with Gasteiger partial charge < -0.3 is 4.90 Å². The molecule has 3 unspecified atom stereocenters. The standard InChI is InChI=1S/C11H22N2O.C2H6/c1-8-6-10(11(14)12(3)4)13(5)7-9(8)2;1-2/h8-10H,6-7H2,1-5H3;1-2H3. The molecule has 1 aliphatic rings. The van der Waals surface area contributed by atoms with Crippen LogP contribution in [0.2, 0.25) is 0 Å². The molecule has 0 saturated carbocycles. The minimum Gasteiger partial charge on any atom is -0.347 e. The second kappa shape index (κ2) is 6.89. The molecule has 1 saturated heterocycles. The van der Waals surface area contributed by atoms with E-state index in [1.54, 1.807) is 4.90 Å². The summed E-state index contributed by atoms with van der Waals surface area (Å²) in [5, 5.41) is 0. The fourth-order valence-corrected chi connectivity index (χ4v) is 2.11. The lowest BCUT2D eigenvalue weighted by Gasteiger charge is -2.39. The van der Waals surface area contributed by atoms with E-state index in [9.17, 15) is 4.79 Å². The summed E-state index contributed by atoms with van der Waals surface area (Å²) in [5.74, 6) is 1.59. The van der Waals surface area contributed by atoms with Crippen molar-refractivity contribution in [3.8, 4) is 0 Å². The predicted octanol–water partition coefficient (Wildman–Crippen LogP) is 2.08. The van der Waals surface area contributed by atoms with Crippen LogP contribution >= 0.6 is 0 Å². The van der Waals surface area contributed by atoms with Crippen LogP contribution in [0, 0.1) is 11.8 Å². The number of likely N-dealkylation sites (tertiary alicyclic amines) is 1. The van der Waals surface area contributed by atoms with Crippen molar-refractivity contribution in [2.75, 3.05) is 27.7 Å². The lowest BCUT2D eigenvalue weighted by molar-refractivity contribution is -0.136. The van der Waals surface area contributed by atoms with Gasteiger partial charge in [0.2, 0.25) is 5.91 Å². The highest BCUT2D eigenvalue weighted by molar-refractivity contribution is 5.81. The summed E-state index contributed by atoms with van der Waals surface area (Å²) >= 11 is 0. The molecule has 1 fully saturated rings. The Morgan fingerprint density at radius 1 is 1.19 bits per heavy atom. The van der Waals surface area contributed by atoms with Crippen LogP contribution in [0.15, 0.2) is 0 Å². The Kier molecular flexibility index (Phi) is 6.65. The van der Waals surface area contributed by atoms with E-state index in [4.69, 9.17) is 0 Å². The van der Waals surface area contributed by atoms with Crippen molar-refractivity contribution in [2.45, 2.75) is 40.2 Å². The largest absolute Gasteiger partial charge is 0.347 e. The summed E-state index contributed by atoms with van der Waals surface area (Å²) in [7, 11) is 5.71. The molecule has 0 N–H and O–H groups in total. The van der Waals surface area contributed by atoms with Crippen LogP contribution in [0.5, 0.6) is 0 Å². The maximum absolute atomic E-state index is 11.8. The molecule has 96 valence electrons. The number of likely N-dealkylation sites (N-methyl/N-ethyl adjacent to an activating group) is 2. The van der Waals surface area contributed by atoms with Gasteiger partial charge >= 0.3 is 0 Å². The Balaban J connectivity index is 0.00000106. The fraction of sp³-hybridized carbons (Fsp3) is 0.923. The van der Waals surface area contributed by atoms with Crippen molar-refractivity contribution in [1.29, 1.82) is 0 Å². The number of carbonyl (C=O) groups excluding carboxylic acids is 1. The molecule has 0 aliphatic carbocycles. The zero-order chi connectivity index (χ0) is 12.9. The van der Waals surface area contributed by atoms with Gasteiger partial charge in [0.1, 0.15) is 0 Å². The molecule has 0 spiro atoms. The molecule has 3 atom stereocenters. The van der Waals surface area contributed by atoms with Crippen molar-refractivity contribution in [2.24, 2.45) is 11.8 Å². The number of hydrogen-bond donors (Lipinski definition) is 0. The van der Waals surface area contributed by atoms with Crippen molar-refractivity contribution in [1.82, 2.24) is 9.80 Å². The van der Waals surface area contributed by atoms with Gasteiger partial charge in [0.25, 0.3) is 0 Å². The summed E-state index contributed by atoms with van der Waals surface area (Å²) in [6.45, 7) is 9.54. The molecule has 16 heavy (non-hydrogen) atoms. The van der Waals surface area contributed by atoms with Gasteiger partial charge in [0.15, 0.2) is 0 Å². The first-order valence-corrected chi connectivity index (χ1v) is 6.35. The van der Waals surface area contributed by atoms with Crippen LogP contribution < -0.4 is 0 Å². The number of amides is 1. The SMILES string of the molecule is CC.CC1CC(C(=O)N(C)C)N(C)CC1C. The average molecular weight is 228 g/mol. The Morgan fingerprint density at radius 3 is 2.12 bits per heavy atom. The average Bonchev–Trinajstić information content (AvgIpc) is 2.25. The number of carbonyl (C=O) groups is 1. The van der Waals surface area contributed by atoms with E-state index in [-0.39, 0.29) is 11.9 Å². The summed E-state index contributed by atoms with van der Waals surface area (Å²) in [6.07, 6.45) is 0.995. The van der Waals surface area contributed by atoms with Gasteiger partial charge in [0.05, 0.1) is 6.04 Å². The Hall–Kier alpha value is -0.570. The van der Waals surface area contributed by atoms with E-state index >= 15 is 0 Å². The van der Waals surface area contributed by atoms with Crippen molar-refractivity contribution in [3.05, 3.63) is 0 Å². The van der Waals surface area contributed by atoms with Gasteiger partial charge in [-0.05, 0) is 25.3 Å². The minimum absolute atomic E-state index is 0.0937. The molecule has 3 heteroatoms. The first kappa shape index (κ1) is 15.4. The third-order valence-corrected chi connectivity index (χ3v) is 3.40. The molecule has 0 aromatic carbocycles. The van der Waals surface area contributed by atoms with Crippen molar-refractivity contribution >= 4 is 5.91 Å². The van der Waals surface area contributed by atoms with Crippen molar-refractivity contribution < 1.29 is 4.79 Å². The number of hydrogen-bond acceptors (Lipinski definition) is 2. The molecule has 1 aliphatic heterocycles. The third kappa shape index (κ3) is 3.78. The Labute approximate surface area is 101 Å². The summed E-state index contributed by atoms with van der Waals surface area (Å²) in [4.78, 5) is 15.7. The van der Waals surface area contributed by atoms with Crippen LogP contribution in [0.25, 0.3) is 0 Å². The van der Waals surface area contributed by atoms with E-state index in [0.29, 0.717) is 11.8 Å². The molecule has 1 amide bonds. The Morgan fingerprint density at radius 2 is 1.69 bits per heavy atom. The molecule has 1 heterocycles. The van der Waals surface area contributed by atoms with Crippen LogP contribution in [-0.2, 0) is 4.79 Å². The van der Waals surface area contributed by atoms with E-state index in [1.807, 2.05) is 27.9 Å². The van der Waals surface area contributed by atoms with Gasteiger partial charge in [-0.15, -0.1) is 0 Å². The lowest BCUT2D eigenvalue weighted by Crippen LogP contribution is -2.51. The van der Waals surface area contributed by atoms with Crippen molar-refractivity contribution in [3.63, 3.8) is 0 Å². The second-order valence-corrected chi connectivity index (χ2v) is 4.88. The normalized spacial score (nSPS) is 30.3. The van der Waals surface area contributed by atoms with Crippen LogP contribution in [0.1, 0.15) is 34.1 Å². The van der Waals surface area contributed by atoms with Gasteiger partial charge in [-0.1, -0.05) is 27.7 Å². The predicted molar refractivity (Wildman–Crippen MR) is 69.4 cm³/mol. The third-order valence-electron chi connectivity index (χ3n) is 3.40. The highest BCUT2D eigenvalue weighted by atomic mass is 16.2. The van der Waals surface area contributed by atoms with Gasteiger partial charge in [-0.2, -0.15) is 0 Å². The van der Waals surface area contributed by atoms with E-state index in [2.05, 4.69) is 25.8 Å². The molecule has 1 rings (SSSR count). The summed E-state index contributed by atoms with van der Waals surface area (Å²) in [5.41, 5.74) is 0. The maximum Gasteiger partial charge on any atom is 0.239 e. The minimum atomic E-state index is 0.0937. The first-order chi connectivity index (χ1) is 7.43. The quantitative estimate of drug-likeness (QED) is 0.686. The molecular weight excluding hydrogens is 200 g/mol. The monoisotopic (exact) mass is 228 g/mol. The molecule has 0 bridgehead atoms. The summed E-state index contributed by atoms with van der Waals surface area (Å²) in [6, 6.07) is 0.0937. The number of piperidine rings is 1. The molecule has 3 nitrogen and oxygen atoms in total. The second-order valence-electron chi connectivity index (χ2n) is 4.88. The molecule has 0 aromatic rings. The smallest absolute Gasteiger partial charge is 0.239 e. The molecule has 0 aromatic heterocycles. The molecule has 0 radical (unpaired) electrons. The maximum atomic E-state index is 11.8. The van der Waals surface area contributed by atoms with Crippen LogP contribution in [0.4, 0.5) is 0 Å². The van der Waals surface area contributed by atoms with Crippen LogP contribution in [0.3, 0.4) is 0 Å². The molecular formula is C13H28N2O. The zero-order valence-corrected chi connectivity index (χ0v) is 11.9. The topological polar surface area (TPSA) is 23.6 Å². The Bertz CT molecular complexity index is 216. The van der Waals surface area contributed by atoms with E-state index < -0.39 is 0 Å². The van der Waals surface area contributed by atoms with E-state index in [1.165, 1.54) is 0 Å². The first-order valence-electron chi connectivity index (χ1n) is 6.35.